The SMILES string of the molecule is O=c1c2sccc2nc(SCc2c(F)cccc2Cl)n1CCCN1CCCCC1. The van der Waals surface area contributed by atoms with Crippen LogP contribution in [0.5, 0.6) is 0 Å². The van der Waals surface area contributed by atoms with Crippen molar-refractivity contribution in [2.45, 2.75) is 43.1 Å². The Labute approximate surface area is 182 Å². The maximum atomic E-state index is 14.2. The maximum Gasteiger partial charge on any atom is 0.272 e. The maximum absolute atomic E-state index is 14.2. The van der Waals surface area contributed by atoms with Gasteiger partial charge in [0.05, 0.1) is 5.52 Å². The molecule has 0 N–H and O–H groups in total. The van der Waals surface area contributed by atoms with E-state index in [0.717, 1.165) is 26.1 Å². The summed E-state index contributed by atoms with van der Waals surface area (Å²) in [6, 6.07) is 6.54. The number of aromatic nitrogens is 2. The van der Waals surface area contributed by atoms with Crippen LogP contribution in [0.15, 0.2) is 39.6 Å². The van der Waals surface area contributed by atoms with E-state index in [1.165, 1.54) is 48.4 Å². The lowest BCUT2D eigenvalue weighted by Gasteiger charge is -2.26. The van der Waals surface area contributed by atoms with E-state index in [4.69, 9.17) is 16.6 Å². The molecule has 1 fully saturated rings. The van der Waals surface area contributed by atoms with Crippen LogP contribution in [0.3, 0.4) is 0 Å². The number of thioether (sulfide) groups is 1. The molecule has 0 unspecified atom stereocenters. The minimum atomic E-state index is -0.333. The van der Waals surface area contributed by atoms with E-state index >= 15 is 0 Å². The van der Waals surface area contributed by atoms with Crippen LogP contribution >= 0.6 is 34.7 Å². The van der Waals surface area contributed by atoms with Gasteiger partial charge in [-0.2, -0.15) is 0 Å². The summed E-state index contributed by atoms with van der Waals surface area (Å²) in [6.45, 7) is 3.89. The number of rotatable bonds is 7. The average Bonchev–Trinajstić information content (AvgIpc) is 3.19. The Morgan fingerprint density at radius 1 is 1.17 bits per heavy atom. The molecule has 3 aromatic rings. The van der Waals surface area contributed by atoms with E-state index in [1.807, 2.05) is 11.4 Å². The fourth-order valence-corrected chi connectivity index (χ4v) is 5.82. The average molecular weight is 452 g/mol. The fourth-order valence-electron chi connectivity index (χ4n) is 3.67. The zero-order valence-electron chi connectivity index (χ0n) is 16.1. The van der Waals surface area contributed by atoms with Crippen molar-refractivity contribution in [3.05, 3.63) is 56.4 Å². The molecule has 1 saturated heterocycles. The van der Waals surface area contributed by atoms with Gasteiger partial charge in [0, 0.05) is 22.9 Å². The van der Waals surface area contributed by atoms with Crippen LogP contribution in [-0.2, 0) is 12.3 Å². The molecule has 0 radical (unpaired) electrons. The third-order valence-electron chi connectivity index (χ3n) is 5.24. The van der Waals surface area contributed by atoms with Crippen LogP contribution in [0.25, 0.3) is 10.2 Å². The summed E-state index contributed by atoms with van der Waals surface area (Å²) in [5, 5.41) is 2.91. The van der Waals surface area contributed by atoms with Crippen molar-refractivity contribution in [3.8, 4) is 0 Å². The summed E-state index contributed by atoms with van der Waals surface area (Å²) in [6.07, 6.45) is 4.72. The van der Waals surface area contributed by atoms with Crippen LogP contribution in [0, 0.1) is 5.82 Å². The van der Waals surface area contributed by atoms with Gasteiger partial charge >= 0.3 is 0 Å². The van der Waals surface area contributed by atoms with E-state index in [2.05, 4.69) is 4.90 Å². The minimum Gasteiger partial charge on any atom is -0.303 e. The first-order chi connectivity index (χ1) is 14.1. The number of nitrogens with zero attached hydrogens (tertiary/aromatic N) is 3. The summed E-state index contributed by atoms with van der Waals surface area (Å²) >= 11 is 8.95. The van der Waals surface area contributed by atoms with Crippen molar-refractivity contribution in [2.24, 2.45) is 0 Å². The number of hydrogen-bond donors (Lipinski definition) is 0. The van der Waals surface area contributed by atoms with Crippen molar-refractivity contribution in [1.29, 1.82) is 0 Å². The monoisotopic (exact) mass is 451 g/mol. The molecule has 0 spiro atoms. The van der Waals surface area contributed by atoms with Crippen LogP contribution < -0.4 is 5.56 Å². The highest BCUT2D eigenvalue weighted by atomic mass is 35.5. The number of halogens is 2. The molecule has 1 aliphatic heterocycles. The summed E-state index contributed by atoms with van der Waals surface area (Å²) in [5.41, 5.74) is 1.14. The van der Waals surface area contributed by atoms with Crippen molar-refractivity contribution in [3.63, 3.8) is 0 Å². The Morgan fingerprint density at radius 3 is 2.79 bits per heavy atom. The van der Waals surface area contributed by atoms with E-state index in [-0.39, 0.29) is 11.4 Å². The Balaban J connectivity index is 1.54. The van der Waals surface area contributed by atoms with Gasteiger partial charge in [0.25, 0.3) is 5.56 Å². The lowest BCUT2D eigenvalue weighted by molar-refractivity contribution is 0.221. The first-order valence-electron chi connectivity index (χ1n) is 9.89. The van der Waals surface area contributed by atoms with Crippen LogP contribution in [0.4, 0.5) is 4.39 Å². The molecule has 4 nitrogen and oxygen atoms in total. The Kier molecular flexibility index (Phi) is 6.90. The third kappa shape index (κ3) is 4.85. The lowest BCUT2D eigenvalue weighted by Crippen LogP contribution is -2.32. The molecule has 154 valence electrons. The van der Waals surface area contributed by atoms with Crippen molar-refractivity contribution in [2.75, 3.05) is 19.6 Å². The topological polar surface area (TPSA) is 38.1 Å². The zero-order chi connectivity index (χ0) is 20.2. The van der Waals surface area contributed by atoms with E-state index in [1.54, 1.807) is 16.7 Å². The third-order valence-corrected chi connectivity index (χ3v) is 7.49. The molecule has 29 heavy (non-hydrogen) atoms. The van der Waals surface area contributed by atoms with Crippen molar-refractivity contribution in [1.82, 2.24) is 14.5 Å². The van der Waals surface area contributed by atoms with Gasteiger partial charge in [0.1, 0.15) is 10.5 Å². The largest absolute Gasteiger partial charge is 0.303 e. The molecular formula is C21H23ClFN3OS2. The predicted molar refractivity (Wildman–Crippen MR) is 120 cm³/mol. The zero-order valence-corrected chi connectivity index (χ0v) is 18.5. The molecule has 2 aromatic heterocycles. The molecular weight excluding hydrogens is 429 g/mol. The number of fused-ring (bicyclic) bond motifs is 1. The molecule has 0 aliphatic carbocycles. The van der Waals surface area contributed by atoms with Crippen molar-refractivity contribution >= 4 is 44.9 Å². The Morgan fingerprint density at radius 2 is 2.00 bits per heavy atom. The first kappa shape index (κ1) is 20.8. The molecule has 3 heterocycles. The second kappa shape index (κ2) is 9.60. The molecule has 1 aliphatic rings. The van der Waals surface area contributed by atoms with Gasteiger partial charge in [0.2, 0.25) is 0 Å². The number of likely N-dealkylation sites (tertiary alicyclic amines) is 1. The van der Waals surface area contributed by atoms with Crippen LogP contribution in [0.1, 0.15) is 31.2 Å². The summed E-state index contributed by atoms with van der Waals surface area (Å²) in [4.78, 5) is 20.2. The molecule has 0 saturated carbocycles. The first-order valence-corrected chi connectivity index (χ1v) is 12.1. The van der Waals surface area contributed by atoms with Crippen molar-refractivity contribution < 1.29 is 4.39 Å². The highest BCUT2D eigenvalue weighted by Gasteiger charge is 2.16. The van der Waals surface area contributed by atoms with Gasteiger partial charge in [-0.15, -0.1) is 11.3 Å². The highest BCUT2D eigenvalue weighted by molar-refractivity contribution is 7.98. The quantitative estimate of drug-likeness (QED) is 0.355. The second-order valence-corrected chi connectivity index (χ2v) is 9.50. The number of hydrogen-bond acceptors (Lipinski definition) is 5. The fraction of sp³-hybridized carbons (Fsp3) is 0.429. The van der Waals surface area contributed by atoms with Gasteiger partial charge in [0.15, 0.2) is 5.16 Å². The normalized spacial score (nSPS) is 15.2. The van der Waals surface area contributed by atoms with Gasteiger partial charge in [-0.25, -0.2) is 9.37 Å². The Bertz CT molecular complexity index is 1030. The number of thiophene rings is 1. The van der Waals surface area contributed by atoms with Gasteiger partial charge in [-0.3, -0.25) is 9.36 Å². The molecule has 8 heteroatoms. The standard InChI is InChI=1S/C21H23ClFN3OS2/c22-16-6-4-7-17(23)15(16)14-29-21-24-18-8-13-28-19(18)20(27)26(21)12-5-11-25-9-2-1-3-10-25/h4,6-8,13H,1-3,5,9-12,14H2. The number of benzene rings is 1. The smallest absolute Gasteiger partial charge is 0.272 e. The van der Waals surface area contributed by atoms with Crippen LogP contribution in [-0.4, -0.2) is 34.1 Å². The molecule has 4 rings (SSSR count). The van der Waals surface area contributed by atoms with Gasteiger partial charge in [-0.1, -0.05) is 35.9 Å². The van der Waals surface area contributed by atoms with E-state index in [9.17, 15) is 9.18 Å². The lowest BCUT2D eigenvalue weighted by atomic mass is 10.1. The molecule has 0 bridgehead atoms. The van der Waals surface area contributed by atoms with E-state index in [0.29, 0.717) is 38.3 Å². The molecule has 0 atom stereocenters. The number of piperidine rings is 1. The molecule has 1 aromatic carbocycles. The summed E-state index contributed by atoms with van der Waals surface area (Å²) < 4.78 is 16.6. The van der Waals surface area contributed by atoms with Gasteiger partial charge in [-0.05, 0) is 62.5 Å². The highest BCUT2D eigenvalue weighted by Crippen LogP contribution is 2.28. The van der Waals surface area contributed by atoms with Crippen LogP contribution in [0.2, 0.25) is 5.02 Å². The summed E-state index contributed by atoms with van der Waals surface area (Å²) in [7, 11) is 0. The summed E-state index contributed by atoms with van der Waals surface area (Å²) in [5.74, 6) is 0.000280. The molecule has 0 amide bonds. The van der Waals surface area contributed by atoms with Gasteiger partial charge < -0.3 is 4.90 Å². The Hall–Kier alpha value is -1.41. The van der Waals surface area contributed by atoms with E-state index < -0.39 is 0 Å². The minimum absolute atomic E-state index is 0.00854. The second-order valence-electron chi connectivity index (χ2n) is 7.23. The predicted octanol–water partition coefficient (Wildman–Crippen LogP) is 5.42.